The van der Waals surface area contributed by atoms with E-state index in [2.05, 4.69) is 18.7 Å². The maximum Gasteiger partial charge on any atom is 0.127 e. The highest BCUT2D eigenvalue weighted by atomic mass is 16.5. The fourth-order valence-corrected chi connectivity index (χ4v) is 2.97. The van der Waals surface area contributed by atoms with Gasteiger partial charge in [-0.2, -0.15) is 0 Å². The Morgan fingerprint density at radius 3 is 2.42 bits per heavy atom. The molecule has 26 heavy (non-hydrogen) atoms. The van der Waals surface area contributed by atoms with E-state index in [9.17, 15) is 5.11 Å². The van der Waals surface area contributed by atoms with Crippen molar-refractivity contribution in [3.8, 4) is 17.2 Å². The summed E-state index contributed by atoms with van der Waals surface area (Å²) < 4.78 is 17.1. The van der Waals surface area contributed by atoms with Crippen molar-refractivity contribution in [2.45, 2.75) is 32.1 Å². The summed E-state index contributed by atoms with van der Waals surface area (Å²) in [6.45, 7) is 6.56. The first-order valence-electron chi connectivity index (χ1n) is 9.09. The summed E-state index contributed by atoms with van der Waals surface area (Å²) in [4.78, 5) is 2.25. The van der Waals surface area contributed by atoms with Crippen LogP contribution in [0.25, 0.3) is 0 Å². The summed E-state index contributed by atoms with van der Waals surface area (Å²) in [6.07, 6.45) is -0.334. The Balaban J connectivity index is 1.45. The molecule has 0 aromatic heterocycles. The minimum Gasteiger partial charge on any atom is -0.491 e. The number of hydrogen-bond donors (Lipinski definition) is 1. The molecule has 0 radical (unpaired) electrons. The molecule has 1 fully saturated rings. The Labute approximate surface area is 155 Å². The van der Waals surface area contributed by atoms with Gasteiger partial charge in [-0.05, 0) is 50.2 Å². The lowest BCUT2D eigenvalue weighted by Gasteiger charge is -2.37. The predicted molar refractivity (Wildman–Crippen MR) is 101 cm³/mol. The fourth-order valence-electron chi connectivity index (χ4n) is 2.97. The molecule has 2 aromatic carbocycles. The number of β-amino-alcohol motifs (C(OH)–C–C–N with tert-alkyl or cyclic N) is 1. The van der Waals surface area contributed by atoms with Crippen LogP contribution in [0.5, 0.6) is 17.2 Å². The molecule has 0 aliphatic carbocycles. The Bertz CT molecular complexity index is 661. The summed E-state index contributed by atoms with van der Waals surface area (Å²) in [5.74, 6) is 2.26. The summed E-state index contributed by atoms with van der Waals surface area (Å²) in [6, 6.07) is 17.4. The number of nitrogens with zero attached hydrogens (tertiary/aromatic N) is 1. The van der Waals surface area contributed by atoms with Crippen LogP contribution < -0.4 is 9.47 Å². The number of benzene rings is 2. The van der Waals surface area contributed by atoms with E-state index in [4.69, 9.17) is 14.2 Å². The van der Waals surface area contributed by atoms with Crippen molar-refractivity contribution in [3.05, 3.63) is 54.6 Å². The summed E-state index contributed by atoms with van der Waals surface area (Å²) in [5, 5.41) is 10.3. The Morgan fingerprint density at radius 1 is 1.04 bits per heavy atom. The molecule has 0 amide bonds. The zero-order valence-electron chi connectivity index (χ0n) is 15.4. The first kappa shape index (κ1) is 18.7. The average molecular weight is 357 g/mol. The van der Waals surface area contributed by atoms with E-state index in [-0.39, 0.29) is 12.7 Å². The zero-order chi connectivity index (χ0) is 18.4. The van der Waals surface area contributed by atoms with Crippen molar-refractivity contribution in [2.75, 3.05) is 26.3 Å². The van der Waals surface area contributed by atoms with E-state index in [1.165, 1.54) is 0 Å². The van der Waals surface area contributed by atoms with Crippen LogP contribution >= 0.6 is 0 Å². The van der Waals surface area contributed by atoms with Crippen molar-refractivity contribution in [1.82, 2.24) is 4.90 Å². The van der Waals surface area contributed by atoms with Gasteiger partial charge in [0, 0.05) is 19.1 Å². The third-order valence-corrected chi connectivity index (χ3v) is 4.43. The minimum atomic E-state index is -0.539. The highest BCUT2D eigenvalue weighted by Crippen LogP contribution is 2.23. The van der Waals surface area contributed by atoms with Crippen molar-refractivity contribution < 1.29 is 19.3 Å². The van der Waals surface area contributed by atoms with Gasteiger partial charge in [-0.15, -0.1) is 0 Å². The molecule has 0 bridgehead atoms. The van der Waals surface area contributed by atoms with Crippen LogP contribution in [0.15, 0.2) is 54.6 Å². The van der Waals surface area contributed by atoms with Gasteiger partial charge in [-0.1, -0.05) is 18.2 Å². The molecule has 1 saturated heterocycles. The Hall–Kier alpha value is -2.08. The summed E-state index contributed by atoms with van der Waals surface area (Å²) in [7, 11) is 0. The second-order valence-corrected chi connectivity index (χ2v) is 6.80. The first-order valence-corrected chi connectivity index (χ1v) is 9.09. The van der Waals surface area contributed by atoms with Gasteiger partial charge >= 0.3 is 0 Å². The summed E-state index contributed by atoms with van der Waals surface area (Å²) >= 11 is 0. The number of rotatable bonds is 7. The molecule has 3 atom stereocenters. The second kappa shape index (κ2) is 9.03. The van der Waals surface area contributed by atoms with Gasteiger partial charge in [-0.3, -0.25) is 4.90 Å². The molecular weight excluding hydrogens is 330 g/mol. The van der Waals surface area contributed by atoms with Crippen LogP contribution in [0, 0.1) is 0 Å². The molecule has 0 unspecified atom stereocenters. The molecule has 140 valence electrons. The molecule has 1 aliphatic rings. The monoisotopic (exact) mass is 357 g/mol. The molecule has 5 nitrogen and oxygen atoms in total. The minimum absolute atomic E-state index is 0.205. The fraction of sp³-hybridized carbons (Fsp3) is 0.429. The van der Waals surface area contributed by atoms with E-state index in [0.717, 1.165) is 18.0 Å². The molecule has 1 aliphatic heterocycles. The molecule has 1 heterocycles. The number of hydrogen-bond acceptors (Lipinski definition) is 5. The zero-order valence-corrected chi connectivity index (χ0v) is 15.4. The average Bonchev–Trinajstić information content (AvgIpc) is 2.65. The molecule has 0 spiro atoms. The van der Waals surface area contributed by atoms with Crippen molar-refractivity contribution >= 4 is 0 Å². The van der Waals surface area contributed by atoms with Crippen LogP contribution in [-0.4, -0.2) is 54.6 Å². The molecule has 3 rings (SSSR count). The number of para-hydroxylation sites is 1. The van der Waals surface area contributed by atoms with Crippen molar-refractivity contribution in [2.24, 2.45) is 0 Å². The SMILES string of the molecule is C[C@@H]1CN(C[C@H](O)COc2ccc(Oc3ccccc3)cc2)[C@@H](C)CO1. The van der Waals surface area contributed by atoms with Gasteiger partial charge < -0.3 is 19.3 Å². The number of ether oxygens (including phenoxy) is 3. The largest absolute Gasteiger partial charge is 0.491 e. The topological polar surface area (TPSA) is 51.2 Å². The molecule has 1 N–H and O–H groups in total. The number of aliphatic hydroxyl groups is 1. The van der Waals surface area contributed by atoms with E-state index < -0.39 is 6.10 Å². The van der Waals surface area contributed by atoms with Crippen molar-refractivity contribution in [3.63, 3.8) is 0 Å². The van der Waals surface area contributed by atoms with Crippen LogP contribution in [0.4, 0.5) is 0 Å². The van der Waals surface area contributed by atoms with E-state index in [1.807, 2.05) is 54.6 Å². The van der Waals surface area contributed by atoms with Crippen LogP contribution in [-0.2, 0) is 4.74 Å². The quantitative estimate of drug-likeness (QED) is 0.824. The Kier molecular flexibility index (Phi) is 6.50. The third kappa shape index (κ3) is 5.46. The molecule has 0 saturated carbocycles. The molecular formula is C21H27NO4. The third-order valence-electron chi connectivity index (χ3n) is 4.43. The maximum absolute atomic E-state index is 10.3. The predicted octanol–water partition coefficient (Wildman–Crippen LogP) is 3.33. The highest BCUT2D eigenvalue weighted by molar-refractivity contribution is 5.35. The second-order valence-electron chi connectivity index (χ2n) is 6.80. The Morgan fingerprint density at radius 2 is 1.69 bits per heavy atom. The first-order chi connectivity index (χ1) is 12.6. The smallest absolute Gasteiger partial charge is 0.127 e. The number of aliphatic hydroxyl groups excluding tert-OH is 1. The van der Waals surface area contributed by atoms with Crippen LogP contribution in [0.3, 0.4) is 0 Å². The van der Waals surface area contributed by atoms with Crippen LogP contribution in [0.1, 0.15) is 13.8 Å². The van der Waals surface area contributed by atoms with E-state index in [0.29, 0.717) is 24.9 Å². The van der Waals surface area contributed by atoms with Gasteiger partial charge in [0.1, 0.15) is 30.0 Å². The summed E-state index contributed by atoms with van der Waals surface area (Å²) in [5.41, 5.74) is 0. The lowest BCUT2D eigenvalue weighted by Crippen LogP contribution is -2.50. The van der Waals surface area contributed by atoms with Gasteiger partial charge in [0.2, 0.25) is 0 Å². The number of morpholine rings is 1. The van der Waals surface area contributed by atoms with Crippen LogP contribution in [0.2, 0.25) is 0 Å². The lowest BCUT2D eigenvalue weighted by molar-refractivity contribution is -0.0650. The van der Waals surface area contributed by atoms with E-state index in [1.54, 1.807) is 0 Å². The maximum atomic E-state index is 10.3. The highest BCUT2D eigenvalue weighted by Gasteiger charge is 2.25. The lowest BCUT2D eigenvalue weighted by atomic mass is 10.2. The van der Waals surface area contributed by atoms with Gasteiger partial charge in [0.15, 0.2) is 0 Å². The normalized spacial score (nSPS) is 22.0. The van der Waals surface area contributed by atoms with Gasteiger partial charge in [-0.25, -0.2) is 0 Å². The van der Waals surface area contributed by atoms with Gasteiger partial charge in [0.05, 0.1) is 12.7 Å². The van der Waals surface area contributed by atoms with Crippen molar-refractivity contribution in [1.29, 1.82) is 0 Å². The van der Waals surface area contributed by atoms with E-state index >= 15 is 0 Å². The van der Waals surface area contributed by atoms with Gasteiger partial charge in [0.25, 0.3) is 0 Å². The standard InChI is InChI=1S/C21H27NO4/c1-16-14-24-17(2)12-22(16)13-18(23)15-25-19-8-10-21(11-9-19)26-20-6-4-3-5-7-20/h3-11,16-18,23H,12-15H2,1-2H3/t16-,17+,18-/m0/s1. The molecule has 5 heteroatoms. The molecule has 2 aromatic rings.